The number of anilines is 4. The van der Waals surface area contributed by atoms with E-state index >= 15 is 0 Å². The molecular formula is C8H14N4. The highest BCUT2D eigenvalue weighted by Crippen LogP contribution is 2.35. The summed E-state index contributed by atoms with van der Waals surface area (Å²) < 4.78 is 0. The van der Waals surface area contributed by atoms with Gasteiger partial charge in [0, 0.05) is 0 Å². The van der Waals surface area contributed by atoms with Gasteiger partial charge >= 0.3 is 0 Å². The average molecular weight is 166 g/mol. The molecule has 4 heteroatoms. The molecule has 0 bridgehead atoms. The Morgan fingerprint density at radius 2 is 0.833 bits per heavy atom. The van der Waals surface area contributed by atoms with Crippen LogP contribution in [-0.4, -0.2) is 0 Å². The van der Waals surface area contributed by atoms with Crippen molar-refractivity contribution in [2.75, 3.05) is 22.9 Å². The Labute approximate surface area is 71.5 Å². The lowest BCUT2D eigenvalue weighted by molar-refractivity contribution is 1.35. The summed E-state index contributed by atoms with van der Waals surface area (Å²) in [6.07, 6.45) is 0. The van der Waals surface area contributed by atoms with Crippen LogP contribution in [0.2, 0.25) is 0 Å². The minimum absolute atomic E-state index is 0.385. The molecule has 1 aromatic rings. The van der Waals surface area contributed by atoms with Gasteiger partial charge in [-0.1, -0.05) is 0 Å². The van der Waals surface area contributed by atoms with E-state index in [2.05, 4.69) is 0 Å². The first kappa shape index (κ1) is 8.52. The van der Waals surface area contributed by atoms with Crippen LogP contribution in [0.15, 0.2) is 0 Å². The first-order valence-electron chi connectivity index (χ1n) is 3.65. The molecule has 0 amide bonds. The highest BCUT2D eigenvalue weighted by molar-refractivity contribution is 5.90. The standard InChI is InChI=1S/C8H14N4/c1-3-4(2)6(10)8(12)7(11)5(3)9/h9-12H2,1-2H3. The quantitative estimate of drug-likeness (QED) is 0.424. The Balaban J connectivity index is 3.60. The Morgan fingerprint density at radius 1 is 0.583 bits per heavy atom. The maximum absolute atomic E-state index is 5.69. The topological polar surface area (TPSA) is 104 Å². The smallest absolute Gasteiger partial charge is 0.0805 e. The highest BCUT2D eigenvalue weighted by atomic mass is 14.8. The second-order valence-corrected chi connectivity index (χ2v) is 2.90. The number of hydrogen-bond acceptors (Lipinski definition) is 4. The molecule has 0 atom stereocenters. The maximum atomic E-state index is 5.69. The number of nitrogens with two attached hydrogens (primary N) is 4. The third kappa shape index (κ3) is 0.922. The van der Waals surface area contributed by atoms with E-state index in [9.17, 15) is 0 Å². The molecule has 0 saturated carbocycles. The van der Waals surface area contributed by atoms with Crippen LogP contribution < -0.4 is 22.9 Å². The summed E-state index contributed by atoms with van der Waals surface area (Å²) in [5, 5.41) is 0. The van der Waals surface area contributed by atoms with Gasteiger partial charge in [0.2, 0.25) is 0 Å². The molecule has 0 saturated heterocycles. The molecule has 0 radical (unpaired) electrons. The van der Waals surface area contributed by atoms with Crippen LogP contribution in [0.4, 0.5) is 22.7 Å². The molecule has 0 spiro atoms. The molecule has 0 aliphatic rings. The van der Waals surface area contributed by atoms with Crippen molar-refractivity contribution in [2.45, 2.75) is 13.8 Å². The lowest BCUT2D eigenvalue weighted by atomic mass is 10.0. The van der Waals surface area contributed by atoms with Gasteiger partial charge in [0.15, 0.2) is 0 Å². The molecule has 0 aliphatic carbocycles. The Bertz CT molecular complexity index is 225. The average Bonchev–Trinajstić information content (AvgIpc) is 2.08. The molecule has 0 heterocycles. The van der Waals surface area contributed by atoms with Gasteiger partial charge in [-0.05, 0) is 25.0 Å². The van der Waals surface area contributed by atoms with E-state index in [1.165, 1.54) is 0 Å². The molecule has 66 valence electrons. The molecule has 12 heavy (non-hydrogen) atoms. The van der Waals surface area contributed by atoms with Crippen molar-refractivity contribution >= 4 is 22.7 Å². The van der Waals surface area contributed by atoms with E-state index in [1.54, 1.807) is 0 Å². The lowest BCUT2D eigenvalue weighted by Gasteiger charge is -2.13. The van der Waals surface area contributed by atoms with Gasteiger partial charge in [-0.2, -0.15) is 0 Å². The summed E-state index contributed by atoms with van der Waals surface area (Å²) in [6.45, 7) is 3.74. The zero-order valence-corrected chi connectivity index (χ0v) is 7.31. The Morgan fingerprint density at radius 3 is 1.08 bits per heavy atom. The third-order valence-electron chi connectivity index (χ3n) is 2.24. The third-order valence-corrected chi connectivity index (χ3v) is 2.24. The zero-order chi connectivity index (χ0) is 9.46. The largest absolute Gasteiger partial charge is 0.397 e. The van der Waals surface area contributed by atoms with Gasteiger partial charge in [-0.25, -0.2) is 0 Å². The molecule has 4 nitrogen and oxygen atoms in total. The van der Waals surface area contributed by atoms with Crippen molar-refractivity contribution in [3.63, 3.8) is 0 Å². The summed E-state index contributed by atoms with van der Waals surface area (Å²) in [5.41, 5.74) is 26.3. The van der Waals surface area contributed by atoms with Crippen LogP contribution in [0, 0.1) is 13.8 Å². The van der Waals surface area contributed by atoms with Crippen molar-refractivity contribution < 1.29 is 0 Å². The van der Waals surface area contributed by atoms with Crippen molar-refractivity contribution in [1.29, 1.82) is 0 Å². The van der Waals surface area contributed by atoms with Crippen LogP contribution in [-0.2, 0) is 0 Å². The lowest BCUT2D eigenvalue weighted by Crippen LogP contribution is -2.07. The molecule has 8 N–H and O–H groups in total. The SMILES string of the molecule is Cc1c(C)c(N)c(N)c(N)c1N. The number of benzene rings is 1. The second kappa shape index (κ2) is 2.48. The van der Waals surface area contributed by atoms with Gasteiger partial charge in [-0.3, -0.25) is 0 Å². The summed E-state index contributed by atoms with van der Waals surface area (Å²) in [5.74, 6) is 0. The van der Waals surface area contributed by atoms with E-state index in [0.29, 0.717) is 22.7 Å². The van der Waals surface area contributed by atoms with Crippen molar-refractivity contribution in [1.82, 2.24) is 0 Å². The molecule has 1 aromatic carbocycles. The fourth-order valence-corrected chi connectivity index (χ4v) is 1.10. The molecule has 0 aromatic heterocycles. The predicted octanol–water partition coefficient (Wildman–Crippen LogP) is 0.632. The van der Waals surface area contributed by atoms with Gasteiger partial charge < -0.3 is 22.9 Å². The van der Waals surface area contributed by atoms with Gasteiger partial charge in [-0.15, -0.1) is 0 Å². The second-order valence-electron chi connectivity index (χ2n) is 2.90. The first-order chi connectivity index (χ1) is 5.46. The van der Waals surface area contributed by atoms with Gasteiger partial charge in [0.05, 0.1) is 22.7 Å². The van der Waals surface area contributed by atoms with Crippen LogP contribution in [0.3, 0.4) is 0 Å². The highest BCUT2D eigenvalue weighted by Gasteiger charge is 2.10. The van der Waals surface area contributed by atoms with E-state index in [-0.39, 0.29) is 0 Å². The molecule has 0 aliphatic heterocycles. The van der Waals surface area contributed by atoms with Crippen molar-refractivity contribution in [3.05, 3.63) is 11.1 Å². The summed E-state index contributed by atoms with van der Waals surface area (Å²) in [7, 11) is 0. The maximum Gasteiger partial charge on any atom is 0.0805 e. The van der Waals surface area contributed by atoms with Crippen LogP contribution in [0.25, 0.3) is 0 Å². The Hall–Kier alpha value is -1.58. The van der Waals surface area contributed by atoms with Crippen LogP contribution >= 0.6 is 0 Å². The minimum atomic E-state index is 0.385. The molecular weight excluding hydrogens is 152 g/mol. The molecule has 0 fully saturated rings. The van der Waals surface area contributed by atoms with E-state index in [0.717, 1.165) is 11.1 Å². The van der Waals surface area contributed by atoms with Crippen LogP contribution in [0.1, 0.15) is 11.1 Å². The van der Waals surface area contributed by atoms with E-state index < -0.39 is 0 Å². The molecule has 1 rings (SSSR count). The monoisotopic (exact) mass is 166 g/mol. The summed E-state index contributed by atoms with van der Waals surface area (Å²) >= 11 is 0. The fraction of sp³-hybridized carbons (Fsp3) is 0.250. The number of nitrogen functional groups attached to an aromatic ring is 4. The number of hydrogen-bond donors (Lipinski definition) is 4. The van der Waals surface area contributed by atoms with Crippen LogP contribution in [0.5, 0.6) is 0 Å². The van der Waals surface area contributed by atoms with Crippen molar-refractivity contribution in [3.8, 4) is 0 Å². The Kier molecular flexibility index (Phi) is 1.76. The number of rotatable bonds is 0. The normalized spacial score (nSPS) is 10.2. The fourth-order valence-electron chi connectivity index (χ4n) is 1.10. The van der Waals surface area contributed by atoms with E-state index in [1.807, 2.05) is 13.8 Å². The zero-order valence-electron chi connectivity index (χ0n) is 7.31. The predicted molar refractivity (Wildman–Crippen MR) is 53.6 cm³/mol. The summed E-state index contributed by atoms with van der Waals surface area (Å²) in [4.78, 5) is 0. The van der Waals surface area contributed by atoms with E-state index in [4.69, 9.17) is 22.9 Å². The minimum Gasteiger partial charge on any atom is -0.397 e. The van der Waals surface area contributed by atoms with Crippen molar-refractivity contribution in [2.24, 2.45) is 0 Å². The summed E-state index contributed by atoms with van der Waals surface area (Å²) in [6, 6.07) is 0. The first-order valence-corrected chi connectivity index (χ1v) is 3.65. The van der Waals surface area contributed by atoms with Gasteiger partial charge in [0.25, 0.3) is 0 Å². The molecule has 0 unspecified atom stereocenters. The van der Waals surface area contributed by atoms with Gasteiger partial charge in [0.1, 0.15) is 0 Å².